The highest BCUT2D eigenvalue weighted by Gasteiger charge is 2.23. The molecule has 5 nitrogen and oxygen atoms in total. The van der Waals surface area contributed by atoms with Gasteiger partial charge in [0.15, 0.2) is 0 Å². The number of hydrogen-bond acceptors (Lipinski definition) is 5. The van der Waals surface area contributed by atoms with Gasteiger partial charge in [-0.25, -0.2) is 0 Å². The standard InChI is InChI=1S/C13H26N2O3/c1-4-18-13(16)12(14-11(2)3)10-15-6-5-8-17-9-7-15/h11-12,14H,4-10H2,1-3H3. The molecule has 1 atom stereocenters. The van der Waals surface area contributed by atoms with E-state index in [-0.39, 0.29) is 18.1 Å². The van der Waals surface area contributed by atoms with Crippen LogP contribution in [-0.2, 0) is 14.3 Å². The first-order valence-corrected chi connectivity index (χ1v) is 6.86. The maximum Gasteiger partial charge on any atom is 0.324 e. The van der Waals surface area contributed by atoms with Gasteiger partial charge in [-0.1, -0.05) is 13.8 Å². The summed E-state index contributed by atoms with van der Waals surface area (Å²) >= 11 is 0. The summed E-state index contributed by atoms with van der Waals surface area (Å²) in [5.41, 5.74) is 0. The second kappa shape index (κ2) is 8.45. The van der Waals surface area contributed by atoms with E-state index in [0.717, 1.165) is 32.7 Å². The Kier molecular flexibility index (Phi) is 7.23. The number of nitrogens with one attached hydrogen (secondary N) is 1. The molecule has 0 aromatic carbocycles. The molecule has 1 rings (SSSR count). The molecular formula is C13H26N2O3. The van der Waals surface area contributed by atoms with Gasteiger partial charge in [-0.15, -0.1) is 0 Å². The molecular weight excluding hydrogens is 232 g/mol. The lowest BCUT2D eigenvalue weighted by molar-refractivity contribution is -0.146. The van der Waals surface area contributed by atoms with Crippen LogP contribution in [0.3, 0.4) is 0 Å². The van der Waals surface area contributed by atoms with Gasteiger partial charge in [0, 0.05) is 32.3 Å². The number of carbonyl (C=O) groups excluding carboxylic acids is 1. The Balaban J connectivity index is 2.50. The Morgan fingerprint density at radius 1 is 1.39 bits per heavy atom. The molecule has 0 aliphatic carbocycles. The minimum absolute atomic E-state index is 0.156. The number of rotatable bonds is 6. The van der Waals surface area contributed by atoms with Crippen LogP contribution in [-0.4, -0.2) is 62.4 Å². The van der Waals surface area contributed by atoms with Gasteiger partial charge in [0.2, 0.25) is 0 Å². The molecule has 1 saturated heterocycles. The van der Waals surface area contributed by atoms with Crippen LogP contribution >= 0.6 is 0 Å². The fraction of sp³-hybridized carbons (Fsp3) is 0.923. The van der Waals surface area contributed by atoms with E-state index < -0.39 is 0 Å². The SMILES string of the molecule is CCOC(=O)C(CN1CCCOCC1)NC(C)C. The first-order chi connectivity index (χ1) is 8.63. The van der Waals surface area contributed by atoms with E-state index >= 15 is 0 Å². The van der Waals surface area contributed by atoms with Crippen LogP contribution in [0.2, 0.25) is 0 Å². The minimum Gasteiger partial charge on any atom is -0.465 e. The molecule has 106 valence electrons. The monoisotopic (exact) mass is 258 g/mol. The Labute approximate surface area is 110 Å². The number of ether oxygens (including phenoxy) is 2. The molecule has 1 unspecified atom stereocenters. The fourth-order valence-electron chi connectivity index (χ4n) is 2.08. The van der Waals surface area contributed by atoms with Gasteiger partial charge in [0.25, 0.3) is 0 Å². The van der Waals surface area contributed by atoms with Crippen LogP contribution in [0, 0.1) is 0 Å². The summed E-state index contributed by atoms with van der Waals surface area (Å²) < 4.78 is 10.5. The Hall–Kier alpha value is -0.650. The minimum atomic E-state index is -0.247. The van der Waals surface area contributed by atoms with Crippen molar-refractivity contribution in [3.8, 4) is 0 Å². The topological polar surface area (TPSA) is 50.8 Å². The largest absolute Gasteiger partial charge is 0.465 e. The summed E-state index contributed by atoms with van der Waals surface area (Å²) in [6.07, 6.45) is 1.03. The molecule has 0 aromatic heterocycles. The molecule has 18 heavy (non-hydrogen) atoms. The molecule has 0 bridgehead atoms. The highest BCUT2D eigenvalue weighted by molar-refractivity contribution is 5.76. The van der Waals surface area contributed by atoms with Crippen molar-refractivity contribution < 1.29 is 14.3 Å². The zero-order valence-electron chi connectivity index (χ0n) is 11.8. The summed E-state index contributed by atoms with van der Waals surface area (Å²) in [4.78, 5) is 14.2. The van der Waals surface area contributed by atoms with Gasteiger partial charge < -0.3 is 14.8 Å². The van der Waals surface area contributed by atoms with E-state index in [4.69, 9.17) is 9.47 Å². The van der Waals surface area contributed by atoms with E-state index in [1.165, 1.54) is 0 Å². The molecule has 0 spiro atoms. The van der Waals surface area contributed by atoms with Gasteiger partial charge in [-0.2, -0.15) is 0 Å². The second-order valence-corrected chi connectivity index (χ2v) is 4.89. The van der Waals surface area contributed by atoms with Crippen molar-refractivity contribution in [3.05, 3.63) is 0 Å². The van der Waals surface area contributed by atoms with Crippen LogP contribution in [0.15, 0.2) is 0 Å². The van der Waals surface area contributed by atoms with Gasteiger partial charge in [-0.3, -0.25) is 9.69 Å². The van der Waals surface area contributed by atoms with Crippen molar-refractivity contribution in [1.29, 1.82) is 0 Å². The van der Waals surface area contributed by atoms with Crippen molar-refractivity contribution in [2.75, 3.05) is 39.5 Å². The number of carbonyl (C=O) groups is 1. The van der Waals surface area contributed by atoms with E-state index in [0.29, 0.717) is 13.2 Å². The zero-order valence-corrected chi connectivity index (χ0v) is 11.8. The Bertz CT molecular complexity index is 238. The molecule has 1 aliphatic rings. The maximum absolute atomic E-state index is 11.9. The smallest absolute Gasteiger partial charge is 0.324 e. The van der Waals surface area contributed by atoms with E-state index in [2.05, 4.69) is 10.2 Å². The predicted octanol–water partition coefficient (Wildman–Crippen LogP) is 0.638. The maximum atomic E-state index is 11.9. The third-order valence-corrected chi connectivity index (χ3v) is 2.86. The van der Waals surface area contributed by atoms with Crippen LogP contribution in [0.4, 0.5) is 0 Å². The van der Waals surface area contributed by atoms with Gasteiger partial charge in [0.1, 0.15) is 6.04 Å². The number of hydrogen-bond donors (Lipinski definition) is 1. The van der Waals surface area contributed by atoms with Crippen molar-refractivity contribution in [3.63, 3.8) is 0 Å². The third kappa shape index (κ3) is 5.80. The summed E-state index contributed by atoms with van der Waals surface area (Å²) in [5, 5.41) is 3.28. The lowest BCUT2D eigenvalue weighted by Gasteiger charge is -2.26. The molecule has 1 heterocycles. The Morgan fingerprint density at radius 3 is 2.83 bits per heavy atom. The van der Waals surface area contributed by atoms with Crippen LogP contribution in [0.5, 0.6) is 0 Å². The van der Waals surface area contributed by atoms with Gasteiger partial charge >= 0.3 is 5.97 Å². The predicted molar refractivity (Wildman–Crippen MR) is 70.6 cm³/mol. The summed E-state index contributed by atoms with van der Waals surface area (Å²) in [6, 6.07) is 0.0192. The molecule has 5 heteroatoms. The fourth-order valence-corrected chi connectivity index (χ4v) is 2.08. The lowest BCUT2D eigenvalue weighted by Crippen LogP contribution is -2.49. The van der Waals surface area contributed by atoms with Crippen molar-refractivity contribution in [2.45, 2.75) is 39.3 Å². The van der Waals surface area contributed by atoms with E-state index in [9.17, 15) is 4.79 Å². The van der Waals surface area contributed by atoms with E-state index in [1.807, 2.05) is 20.8 Å². The van der Waals surface area contributed by atoms with Crippen LogP contribution in [0.1, 0.15) is 27.2 Å². The molecule has 0 aromatic rings. The molecule has 1 N–H and O–H groups in total. The average Bonchev–Trinajstić information content (AvgIpc) is 2.56. The number of nitrogens with zero attached hydrogens (tertiary/aromatic N) is 1. The number of esters is 1. The zero-order chi connectivity index (χ0) is 13.4. The summed E-state index contributed by atoms with van der Waals surface area (Å²) in [7, 11) is 0. The van der Waals surface area contributed by atoms with Gasteiger partial charge in [-0.05, 0) is 13.3 Å². The quantitative estimate of drug-likeness (QED) is 0.709. The van der Waals surface area contributed by atoms with E-state index in [1.54, 1.807) is 0 Å². The molecule has 0 radical (unpaired) electrons. The van der Waals surface area contributed by atoms with Crippen LogP contribution in [0.25, 0.3) is 0 Å². The summed E-state index contributed by atoms with van der Waals surface area (Å²) in [6.45, 7) is 10.5. The average molecular weight is 258 g/mol. The van der Waals surface area contributed by atoms with Crippen molar-refractivity contribution >= 4 is 5.97 Å². The molecule has 0 amide bonds. The molecule has 1 aliphatic heterocycles. The highest BCUT2D eigenvalue weighted by Crippen LogP contribution is 2.03. The van der Waals surface area contributed by atoms with Crippen molar-refractivity contribution in [2.24, 2.45) is 0 Å². The first kappa shape index (κ1) is 15.4. The molecule has 0 saturated carbocycles. The second-order valence-electron chi connectivity index (χ2n) is 4.89. The molecule has 1 fully saturated rings. The highest BCUT2D eigenvalue weighted by atomic mass is 16.5. The third-order valence-electron chi connectivity index (χ3n) is 2.86. The van der Waals surface area contributed by atoms with Gasteiger partial charge in [0.05, 0.1) is 13.2 Å². The van der Waals surface area contributed by atoms with Crippen molar-refractivity contribution in [1.82, 2.24) is 10.2 Å². The normalized spacial score (nSPS) is 19.6. The Morgan fingerprint density at radius 2 is 2.17 bits per heavy atom. The summed E-state index contributed by atoms with van der Waals surface area (Å²) in [5.74, 6) is -0.156. The first-order valence-electron chi connectivity index (χ1n) is 6.86. The van der Waals surface area contributed by atoms with Crippen LogP contribution < -0.4 is 5.32 Å². The lowest BCUT2D eigenvalue weighted by atomic mass is 10.2.